The van der Waals surface area contributed by atoms with Crippen molar-refractivity contribution >= 4 is 46.5 Å². The minimum Gasteiger partial charge on any atom is -0.465 e. The molecule has 2 aliphatic rings. The molecule has 7 nitrogen and oxygen atoms in total. The number of nitrogens with one attached hydrogen (secondary N) is 1. The summed E-state index contributed by atoms with van der Waals surface area (Å²) in [5, 5.41) is 9.04. The molecule has 2 aliphatic heterocycles. The Kier molecular flexibility index (Phi) is 7.22. The Morgan fingerprint density at radius 2 is 1.94 bits per heavy atom. The lowest BCUT2D eigenvalue weighted by atomic mass is 10.00. The van der Waals surface area contributed by atoms with E-state index in [9.17, 15) is 9.59 Å². The van der Waals surface area contributed by atoms with Gasteiger partial charge < -0.3 is 4.74 Å². The quantitative estimate of drug-likeness (QED) is 0.598. The van der Waals surface area contributed by atoms with Crippen LogP contribution in [0.3, 0.4) is 0 Å². The number of anilines is 1. The number of esters is 1. The van der Waals surface area contributed by atoms with Crippen molar-refractivity contribution in [3.63, 3.8) is 0 Å². The molecule has 1 N–H and O–H groups in total. The normalized spacial score (nSPS) is 20.6. The van der Waals surface area contributed by atoms with Crippen molar-refractivity contribution in [2.24, 2.45) is 5.10 Å². The molecule has 1 amide bonds. The average molecular weight is 489 g/mol. The third-order valence-corrected chi connectivity index (χ3v) is 6.39. The molecule has 0 aromatic heterocycles. The van der Waals surface area contributed by atoms with Crippen LogP contribution in [-0.4, -0.2) is 41.8 Å². The molecule has 4 rings (SSSR count). The highest BCUT2D eigenvalue weighted by Gasteiger charge is 2.37. The summed E-state index contributed by atoms with van der Waals surface area (Å²) in [6.07, 6.45) is 1.84. The number of amides is 1. The van der Waals surface area contributed by atoms with Gasteiger partial charge in [-0.2, -0.15) is 5.10 Å². The zero-order valence-corrected chi connectivity index (χ0v) is 20.1. The minimum atomic E-state index is -0.481. The average Bonchev–Trinajstić information content (AvgIpc) is 3.42. The van der Waals surface area contributed by atoms with Gasteiger partial charge in [0.2, 0.25) is 0 Å². The summed E-state index contributed by atoms with van der Waals surface area (Å²) in [4.78, 5) is 25.4. The fraction of sp³-hybridized carbons (Fsp3) is 0.375. The van der Waals surface area contributed by atoms with E-state index in [1.165, 1.54) is 0 Å². The predicted octanol–water partition coefficient (Wildman–Crippen LogP) is 4.67. The second-order valence-electron chi connectivity index (χ2n) is 8.16. The van der Waals surface area contributed by atoms with E-state index in [4.69, 9.17) is 27.9 Å². The number of ether oxygens (including phenoxy) is 1. The Bertz CT molecular complexity index is 1070. The second kappa shape index (κ2) is 10.1. The van der Waals surface area contributed by atoms with Crippen LogP contribution in [0.2, 0.25) is 10.0 Å². The molecule has 0 saturated carbocycles. The van der Waals surface area contributed by atoms with Gasteiger partial charge in [-0.3, -0.25) is 20.0 Å². The van der Waals surface area contributed by atoms with E-state index in [1.807, 2.05) is 31.2 Å². The van der Waals surface area contributed by atoms with E-state index >= 15 is 0 Å². The molecule has 2 aromatic rings. The van der Waals surface area contributed by atoms with E-state index in [0.29, 0.717) is 47.4 Å². The van der Waals surface area contributed by atoms with Gasteiger partial charge in [-0.15, -0.1) is 0 Å². The first-order valence-electron chi connectivity index (χ1n) is 11.0. The van der Waals surface area contributed by atoms with Gasteiger partial charge in [0.1, 0.15) is 11.8 Å². The van der Waals surface area contributed by atoms with Gasteiger partial charge in [0.15, 0.2) is 0 Å². The molecule has 0 radical (unpaired) electrons. The number of rotatable bonds is 6. The van der Waals surface area contributed by atoms with Crippen LogP contribution in [0.25, 0.3) is 0 Å². The summed E-state index contributed by atoms with van der Waals surface area (Å²) in [7, 11) is 0. The SMILES string of the molecule is CCOC(=O)C1CCCN1NC(=O)C1=NN(c2ccc(Cl)cc2Cl)C(c2ccc(C)cc2)C1. The molecule has 0 spiro atoms. The van der Waals surface area contributed by atoms with Gasteiger partial charge in [0, 0.05) is 18.0 Å². The number of nitrogens with zero attached hydrogens (tertiary/aromatic N) is 3. The zero-order chi connectivity index (χ0) is 23.5. The molecule has 174 valence electrons. The minimum absolute atomic E-state index is 0.204. The van der Waals surface area contributed by atoms with Crippen molar-refractivity contribution in [3.05, 3.63) is 63.6 Å². The van der Waals surface area contributed by atoms with Crippen molar-refractivity contribution in [2.45, 2.75) is 45.2 Å². The van der Waals surface area contributed by atoms with Crippen LogP contribution in [0.1, 0.15) is 43.4 Å². The fourth-order valence-corrected chi connectivity index (χ4v) is 4.66. The molecule has 9 heteroatoms. The zero-order valence-electron chi connectivity index (χ0n) is 18.6. The van der Waals surface area contributed by atoms with Crippen LogP contribution in [0.15, 0.2) is 47.6 Å². The van der Waals surface area contributed by atoms with Crippen LogP contribution in [0.4, 0.5) is 5.69 Å². The van der Waals surface area contributed by atoms with Crippen molar-refractivity contribution in [1.82, 2.24) is 10.4 Å². The van der Waals surface area contributed by atoms with Crippen molar-refractivity contribution in [1.29, 1.82) is 0 Å². The number of benzene rings is 2. The Labute approximate surface area is 203 Å². The van der Waals surface area contributed by atoms with E-state index < -0.39 is 6.04 Å². The largest absolute Gasteiger partial charge is 0.465 e. The number of carbonyl (C=O) groups is 2. The highest BCUT2D eigenvalue weighted by molar-refractivity contribution is 6.40. The van der Waals surface area contributed by atoms with Crippen LogP contribution in [0, 0.1) is 6.92 Å². The lowest BCUT2D eigenvalue weighted by molar-refractivity contribution is -0.150. The predicted molar refractivity (Wildman–Crippen MR) is 129 cm³/mol. The summed E-state index contributed by atoms with van der Waals surface area (Å²) in [5.74, 6) is -0.660. The first-order valence-corrected chi connectivity index (χ1v) is 11.8. The first kappa shape index (κ1) is 23.5. The van der Waals surface area contributed by atoms with E-state index in [1.54, 1.807) is 35.1 Å². The molecular formula is C24H26Cl2N4O3. The third-order valence-electron chi connectivity index (χ3n) is 5.85. The Hall–Kier alpha value is -2.61. The Morgan fingerprint density at radius 3 is 2.64 bits per heavy atom. The van der Waals surface area contributed by atoms with Gasteiger partial charge in [0.25, 0.3) is 5.91 Å². The van der Waals surface area contributed by atoms with Crippen LogP contribution < -0.4 is 10.4 Å². The first-order chi connectivity index (χ1) is 15.9. The number of hydrogen-bond acceptors (Lipinski definition) is 6. The molecule has 2 heterocycles. The summed E-state index contributed by atoms with van der Waals surface area (Å²) in [5.41, 5.74) is 6.06. The van der Waals surface area contributed by atoms with Gasteiger partial charge in [-0.05, 0) is 50.5 Å². The molecule has 2 unspecified atom stereocenters. The molecule has 0 bridgehead atoms. The number of hydrazine groups is 1. The fourth-order valence-electron chi connectivity index (χ4n) is 4.16. The summed E-state index contributed by atoms with van der Waals surface area (Å²) >= 11 is 12.6. The standard InChI is InChI=1S/C24H26Cl2N4O3/c1-3-33-24(32)21-5-4-12-29(21)28-23(31)19-14-22(16-8-6-15(2)7-9-16)30(27-19)20-11-10-17(25)13-18(20)26/h6-11,13,21-22H,3-5,12,14H2,1-2H3,(H,28,31). The van der Waals surface area contributed by atoms with Crippen molar-refractivity contribution in [2.75, 3.05) is 18.2 Å². The number of halogens is 2. The number of carbonyl (C=O) groups excluding carboxylic acids is 2. The summed E-state index contributed by atoms with van der Waals surface area (Å²) in [6, 6.07) is 12.6. The molecule has 1 fully saturated rings. The lowest BCUT2D eigenvalue weighted by Crippen LogP contribution is -2.50. The summed E-state index contributed by atoms with van der Waals surface area (Å²) in [6.45, 7) is 4.68. The van der Waals surface area contributed by atoms with E-state index in [-0.39, 0.29) is 17.9 Å². The van der Waals surface area contributed by atoms with E-state index in [0.717, 1.165) is 17.5 Å². The molecule has 2 atom stereocenters. The Morgan fingerprint density at radius 1 is 1.18 bits per heavy atom. The smallest absolute Gasteiger partial charge is 0.325 e. The van der Waals surface area contributed by atoms with Crippen molar-refractivity contribution < 1.29 is 14.3 Å². The number of hydrazone groups is 1. The maximum Gasteiger partial charge on any atom is 0.325 e. The van der Waals surface area contributed by atoms with Crippen LogP contribution in [0.5, 0.6) is 0 Å². The second-order valence-corrected chi connectivity index (χ2v) is 9.01. The lowest BCUT2D eigenvalue weighted by Gasteiger charge is -2.25. The number of hydrogen-bond donors (Lipinski definition) is 1. The van der Waals surface area contributed by atoms with Gasteiger partial charge >= 0.3 is 5.97 Å². The summed E-state index contributed by atoms with van der Waals surface area (Å²) < 4.78 is 5.15. The highest BCUT2D eigenvalue weighted by Crippen LogP contribution is 2.39. The molecule has 33 heavy (non-hydrogen) atoms. The maximum atomic E-state index is 13.2. The third kappa shape index (κ3) is 5.16. The Balaban J connectivity index is 1.59. The number of aryl methyl sites for hydroxylation is 1. The monoisotopic (exact) mass is 488 g/mol. The van der Waals surface area contributed by atoms with Gasteiger partial charge in [-0.25, -0.2) is 5.01 Å². The van der Waals surface area contributed by atoms with Crippen LogP contribution in [-0.2, 0) is 14.3 Å². The molecule has 2 aromatic carbocycles. The van der Waals surface area contributed by atoms with Gasteiger partial charge in [-0.1, -0.05) is 53.0 Å². The molecular weight excluding hydrogens is 463 g/mol. The molecule has 1 saturated heterocycles. The maximum absolute atomic E-state index is 13.2. The van der Waals surface area contributed by atoms with Crippen molar-refractivity contribution in [3.8, 4) is 0 Å². The highest BCUT2D eigenvalue weighted by atomic mass is 35.5. The van der Waals surface area contributed by atoms with Gasteiger partial charge in [0.05, 0.1) is 23.4 Å². The van der Waals surface area contributed by atoms with E-state index in [2.05, 4.69) is 10.5 Å². The topological polar surface area (TPSA) is 74.2 Å². The molecule has 0 aliphatic carbocycles. The van der Waals surface area contributed by atoms with Crippen LogP contribution >= 0.6 is 23.2 Å².